The van der Waals surface area contributed by atoms with Crippen LogP contribution in [0.5, 0.6) is 0 Å². The molecule has 0 radical (unpaired) electrons. The van der Waals surface area contributed by atoms with Gasteiger partial charge in [-0.05, 0) is 12.8 Å². The Morgan fingerprint density at radius 3 is 2.75 bits per heavy atom. The van der Waals surface area contributed by atoms with Crippen LogP contribution in [0.3, 0.4) is 0 Å². The number of nitrogens with one attached hydrogen (secondary N) is 1. The molecule has 3 atom stereocenters. The summed E-state index contributed by atoms with van der Waals surface area (Å²) in [4.78, 5) is 0. The second-order valence-electron chi connectivity index (χ2n) is 4.35. The van der Waals surface area contributed by atoms with Crippen molar-refractivity contribution in [1.82, 2.24) is 5.32 Å². The van der Waals surface area contributed by atoms with Crippen LogP contribution in [0.1, 0.15) is 25.7 Å². The van der Waals surface area contributed by atoms with E-state index < -0.39 is 0 Å². The van der Waals surface area contributed by atoms with Crippen molar-refractivity contribution in [3.8, 4) is 6.07 Å². The smallest absolute Gasteiger partial charge is 0.0928 e. The summed E-state index contributed by atoms with van der Waals surface area (Å²) >= 11 is 0. The third-order valence-corrected chi connectivity index (χ3v) is 3.23. The van der Waals surface area contributed by atoms with Crippen LogP contribution in [0.2, 0.25) is 0 Å². The third kappa shape index (κ3) is 4.09. The van der Waals surface area contributed by atoms with Gasteiger partial charge in [-0.1, -0.05) is 12.8 Å². The third-order valence-electron chi connectivity index (χ3n) is 3.23. The molecule has 1 aliphatic carbocycles. The van der Waals surface area contributed by atoms with Gasteiger partial charge in [-0.2, -0.15) is 5.26 Å². The Morgan fingerprint density at radius 2 is 2.12 bits per heavy atom. The molecule has 1 saturated carbocycles. The SMILES string of the molecule is COCC(CNC1CCCCC1C#N)OC. The van der Waals surface area contributed by atoms with Crippen LogP contribution in [0, 0.1) is 17.2 Å². The maximum atomic E-state index is 9.04. The fourth-order valence-electron chi connectivity index (χ4n) is 2.21. The minimum Gasteiger partial charge on any atom is -0.382 e. The predicted molar refractivity (Wildman–Crippen MR) is 62.0 cm³/mol. The molecular formula is C12H22N2O2. The molecule has 0 aromatic heterocycles. The maximum absolute atomic E-state index is 9.04. The summed E-state index contributed by atoms with van der Waals surface area (Å²) in [6, 6.07) is 2.72. The monoisotopic (exact) mass is 226 g/mol. The van der Waals surface area contributed by atoms with Gasteiger partial charge in [-0.15, -0.1) is 0 Å². The van der Waals surface area contributed by atoms with Crippen LogP contribution in [-0.2, 0) is 9.47 Å². The lowest BCUT2D eigenvalue weighted by atomic mass is 9.85. The molecule has 1 aliphatic rings. The summed E-state index contributed by atoms with van der Waals surface area (Å²) in [6.07, 6.45) is 4.60. The van der Waals surface area contributed by atoms with Gasteiger partial charge >= 0.3 is 0 Å². The van der Waals surface area contributed by atoms with E-state index in [1.165, 1.54) is 12.8 Å². The average molecular weight is 226 g/mol. The molecule has 0 aromatic carbocycles. The van der Waals surface area contributed by atoms with E-state index >= 15 is 0 Å². The molecule has 92 valence electrons. The van der Waals surface area contributed by atoms with E-state index in [1.807, 2.05) is 0 Å². The first-order chi connectivity index (χ1) is 7.81. The number of rotatable bonds is 6. The van der Waals surface area contributed by atoms with Crippen LogP contribution in [0.15, 0.2) is 0 Å². The van der Waals surface area contributed by atoms with Crippen LogP contribution in [0.4, 0.5) is 0 Å². The minimum absolute atomic E-state index is 0.0752. The van der Waals surface area contributed by atoms with Gasteiger partial charge in [0.2, 0.25) is 0 Å². The summed E-state index contributed by atoms with van der Waals surface area (Å²) in [5, 5.41) is 12.5. The van der Waals surface area contributed by atoms with Crippen molar-refractivity contribution < 1.29 is 9.47 Å². The molecule has 0 heterocycles. The normalized spacial score (nSPS) is 27.3. The van der Waals surface area contributed by atoms with Crippen molar-refractivity contribution in [2.24, 2.45) is 5.92 Å². The lowest BCUT2D eigenvalue weighted by Gasteiger charge is -2.29. The molecule has 1 N–H and O–H groups in total. The number of ether oxygens (including phenoxy) is 2. The first-order valence-electron chi connectivity index (χ1n) is 5.96. The molecule has 0 aliphatic heterocycles. The van der Waals surface area contributed by atoms with Gasteiger partial charge in [-0.25, -0.2) is 0 Å². The second-order valence-corrected chi connectivity index (χ2v) is 4.35. The zero-order valence-corrected chi connectivity index (χ0v) is 10.2. The van der Waals surface area contributed by atoms with E-state index in [4.69, 9.17) is 14.7 Å². The summed E-state index contributed by atoms with van der Waals surface area (Å²) < 4.78 is 10.3. The van der Waals surface area contributed by atoms with E-state index in [1.54, 1.807) is 14.2 Å². The van der Waals surface area contributed by atoms with Gasteiger partial charge in [-0.3, -0.25) is 0 Å². The summed E-state index contributed by atoms with van der Waals surface area (Å²) in [7, 11) is 3.36. The first kappa shape index (κ1) is 13.4. The van der Waals surface area contributed by atoms with Crippen molar-refractivity contribution in [2.75, 3.05) is 27.4 Å². The van der Waals surface area contributed by atoms with Crippen LogP contribution in [0.25, 0.3) is 0 Å². The Bertz CT molecular complexity index is 228. The molecule has 4 heteroatoms. The lowest BCUT2D eigenvalue weighted by molar-refractivity contribution is 0.0258. The number of hydrogen-bond donors (Lipinski definition) is 1. The minimum atomic E-state index is 0.0752. The molecule has 0 aromatic rings. The number of hydrogen-bond acceptors (Lipinski definition) is 4. The standard InChI is InChI=1S/C12H22N2O2/c1-15-9-11(16-2)8-14-12-6-4-3-5-10(12)7-13/h10-12,14H,3-6,8-9H2,1-2H3. The fourth-order valence-corrected chi connectivity index (χ4v) is 2.21. The van der Waals surface area contributed by atoms with Crippen molar-refractivity contribution in [3.05, 3.63) is 0 Å². The Hall–Kier alpha value is -0.630. The van der Waals surface area contributed by atoms with E-state index in [0.29, 0.717) is 12.6 Å². The topological polar surface area (TPSA) is 54.3 Å². The van der Waals surface area contributed by atoms with Crippen LogP contribution in [-0.4, -0.2) is 39.5 Å². The molecule has 1 fully saturated rings. The molecule has 0 amide bonds. The predicted octanol–water partition coefficient (Wildman–Crippen LogP) is 1.32. The average Bonchev–Trinajstić information content (AvgIpc) is 2.34. The first-order valence-corrected chi connectivity index (χ1v) is 5.96. The van der Waals surface area contributed by atoms with Gasteiger partial charge < -0.3 is 14.8 Å². The van der Waals surface area contributed by atoms with Gasteiger partial charge in [0.25, 0.3) is 0 Å². The van der Waals surface area contributed by atoms with Crippen molar-refractivity contribution >= 4 is 0 Å². The van der Waals surface area contributed by atoms with Crippen molar-refractivity contribution in [1.29, 1.82) is 5.26 Å². The van der Waals surface area contributed by atoms with E-state index in [-0.39, 0.29) is 12.0 Å². The highest BCUT2D eigenvalue weighted by Gasteiger charge is 2.25. The maximum Gasteiger partial charge on any atom is 0.0928 e. The van der Waals surface area contributed by atoms with E-state index in [0.717, 1.165) is 19.4 Å². The molecule has 4 nitrogen and oxygen atoms in total. The molecule has 3 unspecified atom stereocenters. The van der Waals surface area contributed by atoms with E-state index in [2.05, 4.69) is 11.4 Å². The molecule has 1 rings (SSSR count). The Balaban J connectivity index is 2.31. The molecule has 0 saturated heterocycles. The molecule has 0 bridgehead atoms. The Morgan fingerprint density at radius 1 is 1.38 bits per heavy atom. The van der Waals surface area contributed by atoms with Gasteiger partial charge in [0.05, 0.1) is 24.7 Å². The summed E-state index contributed by atoms with van der Waals surface area (Å²) in [6.45, 7) is 1.35. The highest BCUT2D eigenvalue weighted by molar-refractivity contribution is 4.94. The molecular weight excluding hydrogens is 204 g/mol. The quantitative estimate of drug-likeness (QED) is 0.742. The lowest BCUT2D eigenvalue weighted by Crippen LogP contribution is -2.43. The second kappa shape index (κ2) is 7.61. The van der Waals surface area contributed by atoms with Gasteiger partial charge in [0.1, 0.15) is 0 Å². The summed E-state index contributed by atoms with van der Waals surface area (Å²) in [5.74, 6) is 0.161. The van der Waals surface area contributed by atoms with Crippen LogP contribution >= 0.6 is 0 Å². The fraction of sp³-hybridized carbons (Fsp3) is 0.917. The number of nitriles is 1. The van der Waals surface area contributed by atoms with Crippen molar-refractivity contribution in [2.45, 2.75) is 37.8 Å². The van der Waals surface area contributed by atoms with E-state index in [9.17, 15) is 0 Å². The molecule has 16 heavy (non-hydrogen) atoms. The van der Waals surface area contributed by atoms with Crippen molar-refractivity contribution in [3.63, 3.8) is 0 Å². The van der Waals surface area contributed by atoms with Gasteiger partial charge in [0.15, 0.2) is 0 Å². The highest BCUT2D eigenvalue weighted by Crippen LogP contribution is 2.23. The number of nitrogens with zero attached hydrogens (tertiary/aromatic N) is 1. The van der Waals surface area contributed by atoms with Gasteiger partial charge in [0, 0.05) is 26.8 Å². The summed E-state index contributed by atoms with van der Waals surface area (Å²) in [5.41, 5.74) is 0. The molecule has 0 spiro atoms. The van der Waals surface area contributed by atoms with Crippen LogP contribution < -0.4 is 5.32 Å². The number of methoxy groups -OCH3 is 2. The zero-order valence-electron chi connectivity index (χ0n) is 10.2. The zero-order chi connectivity index (χ0) is 11.8. The largest absolute Gasteiger partial charge is 0.382 e. The Labute approximate surface area is 97.9 Å². The highest BCUT2D eigenvalue weighted by atomic mass is 16.5. The Kier molecular flexibility index (Phi) is 6.39.